The van der Waals surface area contributed by atoms with Gasteiger partial charge < -0.3 is 10.6 Å². The molecule has 1 aromatic carbocycles. The number of carbonyl (C=O) groups excluding carboxylic acids is 2. The highest BCUT2D eigenvalue weighted by molar-refractivity contribution is 8.00. The molecule has 6 nitrogen and oxygen atoms in total. The topological polar surface area (TPSA) is 76.0 Å². The Morgan fingerprint density at radius 3 is 2.92 bits per heavy atom. The van der Waals surface area contributed by atoms with Gasteiger partial charge in [-0.3, -0.25) is 9.59 Å². The van der Waals surface area contributed by atoms with Crippen LogP contribution in [-0.2, 0) is 4.79 Å². The van der Waals surface area contributed by atoms with Gasteiger partial charge in [0.15, 0.2) is 0 Å². The first-order valence-corrected chi connectivity index (χ1v) is 9.61. The van der Waals surface area contributed by atoms with Crippen molar-refractivity contribution in [2.45, 2.75) is 43.0 Å². The van der Waals surface area contributed by atoms with Crippen molar-refractivity contribution in [2.24, 2.45) is 0 Å². The van der Waals surface area contributed by atoms with Crippen LogP contribution in [0.15, 0.2) is 35.4 Å². The maximum atomic E-state index is 12.6. The minimum Gasteiger partial charge on any atom is -0.324 e. The molecule has 2 aromatic rings. The van der Waals surface area contributed by atoms with Crippen LogP contribution in [-0.4, -0.2) is 27.3 Å². The molecule has 1 fully saturated rings. The highest BCUT2D eigenvalue weighted by Crippen LogP contribution is 2.33. The van der Waals surface area contributed by atoms with Crippen LogP contribution >= 0.6 is 11.8 Å². The van der Waals surface area contributed by atoms with E-state index < -0.39 is 0 Å². The Kier molecular flexibility index (Phi) is 4.48. The number of hydrogen-bond acceptors (Lipinski definition) is 4. The Bertz CT molecular complexity index is 811. The summed E-state index contributed by atoms with van der Waals surface area (Å²) in [5.74, 6) is 0.919. The van der Waals surface area contributed by atoms with Gasteiger partial charge in [-0.15, -0.1) is 11.8 Å². The molecule has 7 heteroatoms. The third-order valence-corrected chi connectivity index (χ3v) is 5.78. The summed E-state index contributed by atoms with van der Waals surface area (Å²) in [6, 6.07) is 7.60. The summed E-state index contributed by atoms with van der Waals surface area (Å²) in [6.07, 6.45) is 7.63. The van der Waals surface area contributed by atoms with Gasteiger partial charge in [0, 0.05) is 16.5 Å². The van der Waals surface area contributed by atoms with Crippen molar-refractivity contribution in [3.63, 3.8) is 0 Å². The fourth-order valence-electron chi connectivity index (χ4n) is 3.44. The molecule has 1 saturated carbocycles. The minimum atomic E-state index is -0.190. The van der Waals surface area contributed by atoms with Crippen molar-refractivity contribution in [1.82, 2.24) is 9.78 Å². The van der Waals surface area contributed by atoms with Crippen LogP contribution in [0.4, 0.5) is 11.5 Å². The second-order valence-electron chi connectivity index (χ2n) is 6.45. The lowest BCUT2D eigenvalue weighted by Crippen LogP contribution is -2.21. The number of nitrogens with one attached hydrogen (secondary N) is 2. The standard InChI is InChI=1S/C18H20N4O2S/c23-17-11-25-15-7-6-12(10-14(15)20-17)18(24)21-16-8-9-19-22(16)13-4-2-1-3-5-13/h6-10,13H,1-5,11H2,(H,20,23)(H,21,24). The Morgan fingerprint density at radius 2 is 2.08 bits per heavy atom. The Morgan fingerprint density at radius 1 is 1.24 bits per heavy atom. The molecule has 2 amide bonds. The third-order valence-electron chi connectivity index (χ3n) is 4.71. The predicted octanol–water partition coefficient (Wildman–Crippen LogP) is 3.68. The van der Waals surface area contributed by atoms with Crippen molar-refractivity contribution in [2.75, 3.05) is 16.4 Å². The predicted molar refractivity (Wildman–Crippen MR) is 98.1 cm³/mol. The first-order chi connectivity index (χ1) is 12.2. The van der Waals surface area contributed by atoms with Crippen LogP contribution in [0.3, 0.4) is 0 Å². The van der Waals surface area contributed by atoms with Crippen LogP contribution in [0.25, 0.3) is 0 Å². The number of carbonyl (C=O) groups is 2. The van der Waals surface area contributed by atoms with Crippen molar-refractivity contribution >= 4 is 35.1 Å². The summed E-state index contributed by atoms with van der Waals surface area (Å²) in [4.78, 5) is 25.2. The molecule has 1 aliphatic heterocycles. The molecule has 0 saturated heterocycles. The average molecular weight is 356 g/mol. The van der Waals surface area contributed by atoms with Gasteiger partial charge in [0.2, 0.25) is 5.91 Å². The monoisotopic (exact) mass is 356 g/mol. The molecule has 0 unspecified atom stereocenters. The van der Waals surface area contributed by atoms with Crippen LogP contribution in [0.2, 0.25) is 0 Å². The fourth-order valence-corrected chi connectivity index (χ4v) is 4.23. The maximum absolute atomic E-state index is 12.6. The van der Waals surface area contributed by atoms with E-state index in [9.17, 15) is 9.59 Å². The summed E-state index contributed by atoms with van der Waals surface area (Å²) in [5, 5.41) is 10.2. The van der Waals surface area contributed by atoms with Crippen LogP contribution < -0.4 is 10.6 Å². The number of amides is 2. The quantitative estimate of drug-likeness (QED) is 0.879. The van der Waals surface area contributed by atoms with Gasteiger partial charge in [0.05, 0.1) is 23.7 Å². The lowest BCUT2D eigenvalue weighted by atomic mass is 9.96. The zero-order valence-corrected chi connectivity index (χ0v) is 14.6. The molecule has 0 radical (unpaired) electrons. The smallest absolute Gasteiger partial charge is 0.256 e. The molecular formula is C18H20N4O2S. The normalized spacial score (nSPS) is 17.7. The van der Waals surface area contributed by atoms with Crippen molar-refractivity contribution in [3.8, 4) is 0 Å². The van der Waals surface area contributed by atoms with Crippen molar-refractivity contribution in [3.05, 3.63) is 36.0 Å². The molecule has 0 bridgehead atoms. The number of benzene rings is 1. The van der Waals surface area contributed by atoms with E-state index in [1.165, 1.54) is 31.0 Å². The molecule has 0 atom stereocenters. The van der Waals surface area contributed by atoms with E-state index in [1.54, 1.807) is 18.3 Å². The van der Waals surface area contributed by atoms with Crippen LogP contribution in [0.5, 0.6) is 0 Å². The molecule has 2 N–H and O–H groups in total. The fraction of sp³-hybridized carbons (Fsp3) is 0.389. The van der Waals surface area contributed by atoms with E-state index in [-0.39, 0.29) is 11.8 Å². The Hall–Kier alpha value is -2.28. The molecule has 25 heavy (non-hydrogen) atoms. The summed E-state index contributed by atoms with van der Waals surface area (Å²) in [5.41, 5.74) is 1.23. The van der Waals surface area contributed by atoms with Gasteiger partial charge in [0.1, 0.15) is 5.82 Å². The Balaban J connectivity index is 1.52. The average Bonchev–Trinajstić information content (AvgIpc) is 3.10. The lowest BCUT2D eigenvalue weighted by molar-refractivity contribution is -0.113. The first-order valence-electron chi connectivity index (χ1n) is 8.62. The van der Waals surface area contributed by atoms with E-state index in [4.69, 9.17) is 0 Å². The highest BCUT2D eigenvalue weighted by Gasteiger charge is 2.21. The van der Waals surface area contributed by atoms with Crippen LogP contribution in [0, 0.1) is 0 Å². The number of fused-ring (bicyclic) bond motifs is 1. The summed E-state index contributed by atoms with van der Waals surface area (Å²) >= 11 is 1.49. The molecule has 130 valence electrons. The summed E-state index contributed by atoms with van der Waals surface area (Å²) < 4.78 is 1.94. The summed E-state index contributed by atoms with van der Waals surface area (Å²) in [6.45, 7) is 0. The summed E-state index contributed by atoms with van der Waals surface area (Å²) in [7, 11) is 0. The lowest BCUT2D eigenvalue weighted by Gasteiger charge is -2.24. The van der Waals surface area contributed by atoms with Gasteiger partial charge in [-0.05, 0) is 31.0 Å². The van der Waals surface area contributed by atoms with Crippen molar-refractivity contribution in [1.29, 1.82) is 0 Å². The second-order valence-corrected chi connectivity index (χ2v) is 7.47. The highest BCUT2D eigenvalue weighted by atomic mass is 32.2. The molecule has 0 spiro atoms. The van der Waals surface area contributed by atoms with Gasteiger partial charge in [-0.25, -0.2) is 4.68 Å². The molecule has 1 aromatic heterocycles. The first kappa shape index (κ1) is 16.2. The number of nitrogens with zero attached hydrogens (tertiary/aromatic N) is 2. The molecular weight excluding hydrogens is 336 g/mol. The van der Waals surface area contributed by atoms with Gasteiger partial charge in [-0.1, -0.05) is 19.3 Å². The number of aromatic nitrogens is 2. The number of hydrogen-bond donors (Lipinski definition) is 2. The minimum absolute atomic E-state index is 0.0366. The van der Waals surface area contributed by atoms with E-state index >= 15 is 0 Å². The van der Waals surface area contributed by atoms with Crippen LogP contribution in [0.1, 0.15) is 48.5 Å². The maximum Gasteiger partial charge on any atom is 0.256 e. The molecule has 1 aliphatic carbocycles. The Labute approximate surface area is 150 Å². The molecule has 2 heterocycles. The second kappa shape index (κ2) is 6.92. The molecule has 4 rings (SSSR count). The van der Waals surface area contributed by atoms with Gasteiger partial charge in [-0.2, -0.15) is 5.10 Å². The number of thioether (sulfide) groups is 1. The molecule has 2 aliphatic rings. The van der Waals surface area contributed by atoms with E-state index in [1.807, 2.05) is 16.8 Å². The number of rotatable bonds is 3. The largest absolute Gasteiger partial charge is 0.324 e. The van der Waals surface area contributed by atoms with E-state index in [2.05, 4.69) is 15.7 Å². The zero-order valence-electron chi connectivity index (χ0n) is 13.8. The third kappa shape index (κ3) is 3.42. The number of anilines is 2. The zero-order chi connectivity index (χ0) is 17.2. The van der Waals surface area contributed by atoms with E-state index in [0.29, 0.717) is 23.0 Å². The van der Waals surface area contributed by atoms with Gasteiger partial charge in [0.25, 0.3) is 5.91 Å². The van der Waals surface area contributed by atoms with Gasteiger partial charge >= 0.3 is 0 Å². The van der Waals surface area contributed by atoms with E-state index in [0.717, 1.165) is 23.6 Å². The SMILES string of the molecule is O=C1CSc2ccc(C(=O)Nc3ccnn3C3CCCCC3)cc2N1. The van der Waals surface area contributed by atoms with Crippen molar-refractivity contribution < 1.29 is 9.59 Å².